The molecule has 1 rings (SSSR count). The number of nitrogens with one attached hydrogen (secondary N) is 1. The second-order valence-electron chi connectivity index (χ2n) is 3.98. The molecule has 0 radical (unpaired) electrons. The predicted octanol–water partition coefficient (Wildman–Crippen LogP) is -0.657. The van der Waals surface area contributed by atoms with Gasteiger partial charge in [-0.15, -0.1) is 0 Å². The number of hydrogen-bond acceptors (Lipinski definition) is 7. The molecular formula is C12H18N2O6S. The number of aliphatic hydroxyl groups is 1. The van der Waals surface area contributed by atoms with Crippen molar-refractivity contribution in [2.24, 2.45) is 0 Å². The van der Waals surface area contributed by atoms with Crippen LogP contribution >= 0.6 is 0 Å². The summed E-state index contributed by atoms with van der Waals surface area (Å²) >= 11 is 0. The summed E-state index contributed by atoms with van der Waals surface area (Å²) in [6.45, 7) is 0.173. The molecule has 1 aromatic carbocycles. The Bertz CT molecular complexity index is 587. The van der Waals surface area contributed by atoms with Gasteiger partial charge in [-0.3, -0.25) is 0 Å². The number of methoxy groups -OCH3 is 1. The molecule has 0 saturated heterocycles. The molecular weight excluding hydrogens is 300 g/mol. The van der Waals surface area contributed by atoms with Gasteiger partial charge in [-0.1, -0.05) is 0 Å². The lowest BCUT2D eigenvalue weighted by Crippen LogP contribution is -2.28. The summed E-state index contributed by atoms with van der Waals surface area (Å²) in [6, 6.07) is 3.79. The van der Waals surface area contributed by atoms with Gasteiger partial charge in [0.05, 0.1) is 38.2 Å². The Morgan fingerprint density at radius 2 is 2.10 bits per heavy atom. The van der Waals surface area contributed by atoms with Gasteiger partial charge in [0.2, 0.25) is 10.0 Å². The lowest BCUT2D eigenvalue weighted by Gasteiger charge is -2.10. The van der Waals surface area contributed by atoms with Crippen molar-refractivity contribution in [1.82, 2.24) is 4.72 Å². The average molecular weight is 318 g/mol. The molecule has 0 spiro atoms. The zero-order valence-corrected chi connectivity index (χ0v) is 12.4. The Morgan fingerprint density at radius 1 is 1.38 bits per heavy atom. The van der Waals surface area contributed by atoms with Crippen LogP contribution in [0.2, 0.25) is 0 Å². The smallest absolute Gasteiger partial charge is 0.337 e. The van der Waals surface area contributed by atoms with Gasteiger partial charge in [-0.05, 0) is 18.2 Å². The zero-order valence-electron chi connectivity index (χ0n) is 11.5. The van der Waals surface area contributed by atoms with Crippen LogP contribution in [0, 0.1) is 0 Å². The summed E-state index contributed by atoms with van der Waals surface area (Å²) in [5, 5.41) is 8.51. The van der Waals surface area contributed by atoms with E-state index < -0.39 is 16.0 Å². The maximum absolute atomic E-state index is 12.0. The molecule has 1 aromatic rings. The van der Waals surface area contributed by atoms with E-state index in [1.807, 2.05) is 0 Å². The maximum Gasteiger partial charge on any atom is 0.337 e. The quantitative estimate of drug-likeness (QED) is 0.330. The first-order valence-electron chi connectivity index (χ1n) is 6.08. The monoisotopic (exact) mass is 318 g/mol. The SMILES string of the molecule is COC(=O)c1ccc(S(=O)(=O)NCCOCCO)c(N)c1. The van der Waals surface area contributed by atoms with Crippen molar-refractivity contribution in [2.45, 2.75) is 4.90 Å². The standard InChI is InChI=1S/C12H18N2O6S/c1-19-12(16)9-2-3-11(10(13)8-9)21(17,18)14-4-6-20-7-5-15/h2-3,8,14-15H,4-7,13H2,1H3. The van der Waals surface area contributed by atoms with E-state index in [-0.39, 0.29) is 42.5 Å². The zero-order chi connectivity index (χ0) is 15.9. The minimum absolute atomic E-state index is 0.0422. The predicted molar refractivity (Wildman–Crippen MR) is 75.3 cm³/mol. The summed E-state index contributed by atoms with van der Waals surface area (Å²) in [6.07, 6.45) is 0. The minimum atomic E-state index is -3.80. The highest BCUT2D eigenvalue weighted by Gasteiger charge is 2.18. The normalized spacial score (nSPS) is 11.3. The van der Waals surface area contributed by atoms with Crippen molar-refractivity contribution in [2.75, 3.05) is 39.2 Å². The molecule has 0 heterocycles. The number of esters is 1. The number of anilines is 1. The fourth-order valence-electron chi connectivity index (χ4n) is 1.53. The molecule has 0 amide bonds. The minimum Gasteiger partial charge on any atom is -0.465 e. The molecule has 21 heavy (non-hydrogen) atoms. The van der Waals surface area contributed by atoms with Gasteiger partial charge >= 0.3 is 5.97 Å². The Balaban J connectivity index is 2.77. The van der Waals surface area contributed by atoms with Crippen LogP contribution < -0.4 is 10.5 Å². The number of nitrogens with two attached hydrogens (primary N) is 1. The average Bonchev–Trinajstić information content (AvgIpc) is 2.45. The van der Waals surface area contributed by atoms with Crippen molar-refractivity contribution in [3.8, 4) is 0 Å². The number of carbonyl (C=O) groups is 1. The van der Waals surface area contributed by atoms with Crippen molar-refractivity contribution in [3.05, 3.63) is 23.8 Å². The van der Waals surface area contributed by atoms with Crippen molar-refractivity contribution >= 4 is 21.7 Å². The van der Waals surface area contributed by atoms with E-state index in [0.717, 1.165) is 0 Å². The molecule has 0 unspecified atom stereocenters. The fourth-order valence-corrected chi connectivity index (χ4v) is 2.65. The van der Waals surface area contributed by atoms with Gasteiger partial charge in [0.15, 0.2) is 0 Å². The second-order valence-corrected chi connectivity index (χ2v) is 5.71. The Hall–Kier alpha value is -1.68. The third kappa shape index (κ3) is 4.97. The number of ether oxygens (including phenoxy) is 2. The highest BCUT2D eigenvalue weighted by atomic mass is 32.2. The molecule has 8 nitrogen and oxygen atoms in total. The molecule has 0 aliphatic heterocycles. The summed E-state index contributed by atoms with van der Waals surface area (Å²) in [7, 11) is -2.58. The lowest BCUT2D eigenvalue weighted by molar-refractivity contribution is 0.0600. The molecule has 9 heteroatoms. The summed E-state index contributed by atoms with van der Waals surface area (Å²) in [5.41, 5.74) is 5.77. The van der Waals surface area contributed by atoms with E-state index in [2.05, 4.69) is 9.46 Å². The van der Waals surface area contributed by atoms with Crippen molar-refractivity contribution in [3.63, 3.8) is 0 Å². The molecule has 118 valence electrons. The Kier molecular flexibility index (Phi) is 6.56. The third-order valence-corrected chi connectivity index (χ3v) is 4.03. The topological polar surface area (TPSA) is 128 Å². The molecule has 0 fully saturated rings. The number of benzene rings is 1. The van der Waals surface area contributed by atoms with Gasteiger partial charge in [-0.25, -0.2) is 17.9 Å². The highest BCUT2D eigenvalue weighted by molar-refractivity contribution is 7.89. The lowest BCUT2D eigenvalue weighted by atomic mass is 10.2. The number of rotatable bonds is 8. The highest BCUT2D eigenvalue weighted by Crippen LogP contribution is 2.20. The number of carbonyl (C=O) groups excluding carboxylic acids is 1. The maximum atomic E-state index is 12.0. The molecule has 4 N–H and O–H groups in total. The van der Waals surface area contributed by atoms with Crippen LogP contribution in [-0.2, 0) is 19.5 Å². The second kappa shape index (κ2) is 7.93. The van der Waals surface area contributed by atoms with Gasteiger partial charge in [0.25, 0.3) is 0 Å². The molecule has 0 aromatic heterocycles. The molecule has 0 aliphatic carbocycles. The first-order chi connectivity index (χ1) is 9.92. The number of aliphatic hydroxyl groups excluding tert-OH is 1. The van der Waals surface area contributed by atoms with E-state index in [4.69, 9.17) is 15.6 Å². The van der Waals surface area contributed by atoms with Gasteiger partial charge < -0.3 is 20.3 Å². The third-order valence-electron chi connectivity index (χ3n) is 2.49. The first-order valence-corrected chi connectivity index (χ1v) is 7.57. The van der Waals surface area contributed by atoms with Crippen LogP contribution in [0.25, 0.3) is 0 Å². The van der Waals surface area contributed by atoms with Crippen molar-refractivity contribution < 1.29 is 27.8 Å². The van der Waals surface area contributed by atoms with E-state index in [1.165, 1.54) is 25.3 Å². The van der Waals surface area contributed by atoms with Gasteiger partial charge in [-0.2, -0.15) is 0 Å². The van der Waals surface area contributed by atoms with Crippen molar-refractivity contribution in [1.29, 1.82) is 0 Å². The molecule has 0 bridgehead atoms. The number of hydrogen-bond donors (Lipinski definition) is 3. The first kappa shape index (κ1) is 17.4. The van der Waals surface area contributed by atoms with E-state index in [9.17, 15) is 13.2 Å². The summed E-state index contributed by atoms with van der Waals surface area (Å²) in [4.78, 5) is 11.2. The van der Waals surface area contributed by atoms with Crippen LogP contribution in [0.3, 0.4) is 0 Å². The molecule has 0 aliphatic rings. The summed E-state index contributed by atoms with van der Waals surface area (Å²) in [5.74, 6) is -0.601. The largest absolute Gasteiger partial charge is 0.465 e. The van der Waals surface area contributed by atoms with E-state index in [1.54, 1.807) is 0 Å². The van der Waals surface area contributed by atoms with Crippen LogP contribution in [-0.4, -0.2) is 53.0 Å². The Morgan fingerprint density at radius 3 is 2.67 bits per heavy atom. The van der Waals surface area contributed by atoms with E-state index >= 15 is 0 Å². The summed E-state index contributed by atoms with van der Waals surface area (Å²) < 4.78 is 35.8. The van der Waals surface area contributed by atoms with E-state index in [0.29, 0.717) is 0 Å². The van der Waals surface area contributed by atoms with Crippen LogP contribution in [0.4, 0.5) is 5.69 Å². The van der Waals surface area contributed by atoms with Crippen LogP contribution in [0.15, 0.2) is 23.1 Å². The van der Waals surface area contributed by atoms with Gasteiger partial charge in [0, 0.05) is 6.54 Å². The number of nitrogen functional groups attached to an aromatic ring is 1. The fraction of sp³-hybridized carbons (Fsp3) is 0.417. The molecule has 0 atom stereocenters. The van der Waals surface area contributed by atoms with Crippen LogP contribution in [0.1, 0.15) is 10.4 Å². The number of sulfonamides is 1. The molecule has 0 saturated carbocycles. The Labute approximate surface area is 122 Å². The van der Waals surface area contributed by atoms with Gasteiger partial charge in [0.1, 0.15) is 4.90 Å². The van der Waals surface area contributed by atoms with Crippen LogP contribution in [0.5, 0.6) is 0 Å².